The minimum atomic E-state index is -1.97. The van der Waals surface area contributed by atoms with Crippen molar-refractivity contribution in [2.75, 3.05) is 19.0 Å². The maximum absolute atomic E-state index is 13.2. The van der Waals surface area contributed by atoms with E-state index in [1.807, 2.05) is 0 Å². The van der Waals surface area contributed by atoms with Gasteiger partial charge >= 0.3 is 6.03 Å². The molecule has 2 spiro atoms. The van der Waals surface area contributed by atoms with Crippen molar-refractivity contribution < 1.29 is 14.4 Å². The number of para-hydroxylation sites is 2. The Bertz CT molecular complexity index is 1900. The first kappa shape index (κ1) is 24.9. The first-order valence-corrected chi connectivity index (χ1v) is 19.4. The van der Waals surface area contributed by atoms with Crippen LogP contribution in [-0.2, 0) is 15.0 Å². The van der Waals surface area contributed by atoms with Gasteiger partial charge in [-0.15, -0.1) is 11.3 Å². The molecule has 4 heterocycles. The summed E-state index contributed by atoms with van der Waals surface area (Å²) in [5, 5.41) is 4.21. The Morgan fingerprint density at radius 3 is 2.30 bits per heavy atom. The third-order valence-corrected chi connectivity index (χ3v) is 17.7. The van der Waals surface area contributed by atoms with E-state index < -0.39 is 25.9 Å². The summed E-state index contributed by atoms with van der Waals surface area (Å²) in [5.74, 6) is 1.98. The van der Waals surface area contributed by atoms with Gasteiger partial charge in [0.25, 0.3) is 11.8 Å². The molecule has 2 bridgehead atoms. The van der Waals surface area contributed by atoms with Crippen molar-refractivity contribution in [2.45, 2.75) is 44.2 Å². The number of benzene rings is 2. The minimum absolute atomic E-state index is 0.0290. The number of hydrogen-bond donors (Lipinski definition) is 0. The summed E-state index contributed by atoms with van der Waals surface area (Å²) >= 11 is 1.70. The Balaban J connectivity index is 1.25. The molecule has 3 aliphatic heterocycles. The topological polar surface area (TPSA) is 60.9 Å². The van der Waals surface area contributed by atoms with E-state index in [9.17, 15) is 14.4 Å². The summed E-state index contributed by atoms with van der Waals surface area (Å²) in [7, 11) is 0.916. The fraction of sp³-hybridized carbons (Fsp3) is 0.400. The lowest BCUT2D eigenvalue weighted by molar-refractivity contribution is -0.194. The molecule has 1 saturated heterocycles. The summed E-state index contributed by atoms with van der Waals surface area (Å²) in [6.45, 7) is 5.00. The number of urea groups is 1. The zero-order valence-corrected chi connectivity index (χ0v) is 26.6. The fourth-order valence-electron chi connectivity index (χ4n) is 11.4. The van der Waals surface area contributed by atoms with Crippen molar-refractivity contribution in [2.24, 2.45) is 29.1 Å². The summed E-state index contributed by atoms with van der Waals surface area (Å²) in [6, 6.07) is 17.8. The minimum Gasteiger partial charge on any atom is -0.302 e. The summed E-state index contributed by atoms with van der Waals surface area (Å²) in [6.07, 6.45) is 7.15. The van der Waals surface area contributed by atoms with Gasteiger partial charge in [0.05, 0.1) is 5.69 Å². The van der Waals surface area contributed by atoms with Crippen molar-refractivity contribution in [3.8, 4) is 0 Å². The molecular weight excluding hydrogens is 571 g/mol. The third-order valence-electron chi connectivity index (χ3n) is 13.1. The first-order chi connectivity index (χ1) is 20.6. The van der Waals surface area contributed by atoms with Crippen LogP contribution in [-0.4, -0.2) is 49.8 Å². The Kier molecular flexibility index (Phi) is 4.29. The van der Waals surface area contributed by atoms with Crippen LogP contribution in [0.4, 0.5) is 21.2 Å². The van der Waals surface area contributed by atoms with Gasteiger partial charge in [0, 0.05) is 30.1 Å². The van der Waals surface area contributed by atoms with Crippen LogP contribution < -0.4 is 15.3 Å². The maximum atomic E-state index is 13.2. The van der Waals surface area contributed by atoms with Gasteiger partial charge in [0.2, 0.25) is 0 Å². The van der Waals surface area contributed by atoms with E-state index >= 15 is 0 Å². The standard InChI is InChI=1S/C35H33N3O3SSi/c1-36-30(39)22(31(40)37(2)33(36)41)15-21-16-24-32(42-21)38-25-9-5-6-10-26(25)43(3,4)27-11-7-8-23(29(27)38)35(24)20-13-18-12-19-14-28(35)34(18,19)17-20/h5-11,15-16,18-20,28H,12-14,17H2,1-4H3. The number of amides is 4. The van der Waals surface area contributed by atoms with Gasteiger partial charge < -0.3 is 4.90 Å². The second-order valence-electron chi connectivity index (χ2n) is 14.7. The van der Waals surface area contributed by atoms with E-state index in [1.165, 1.54) is 77.7 Å². The molecule has 4 aliphatic carbocycles. The molecule has 3 aromatic rings. The van der Waals surface area contributed by atoms with Crippen molar-refractivity contribution in [3.05, 3.63) is 70.1 Å². The van der Waals surface area contributed by atoms with Crippen molar-refractivity contribution >= 4 is 70.1 Å². The average molecular weight is 604 g/mol. The fourth-order valence-corrected chi connectivity index (χ4v) is 15.6. The predicted octanol–water partition coefficient (Wildman–Crippen LogP) is 5.45. The van der Waals surface area contributed by atoms with Crippen LogP contribution in [0.1, 0.15) is 41.7 Å². The van der Waals surface area contributed by atoms with Crippen LogP contribution in [0, 0.1) is 29.1 Å². The highest BCUT2D eigenvalue weighted by atomic mass is 32.1. The third kappa shape index (κ3) is 2.46. The molecule has 216 valence electrons. The molecule has 6 nitrogen and oxygen atoms in total. The Labute approximate surface area is 256 Å². The van der Waals surface area contributed by atoms with Crippen molar-refractivity contribution in [1.29, 1.82) is 0 Å². The SMILES string of the molecule is CN1C(=O)C(=Cc2cc3c(s2)N2c4ccccc4[Si](C)(C)c4cccc(c42)C32C3CC4CC5CC2C45C3)C(=O)N(C)C1=O. The number of thiophene rings is 1. The lowest BCUT2D eigenvalue weighted by Gasteiger charge is -2.71. The smallest absolute Gasteiger partial charge is 0.302 e. The lowest BCUT2D eigenvalue weighted by atomic mass is 9.33. The van der Waals surface area contributed by atoms with E-state index in [-0.39, 0.29) is 11.0 Å². The molecule has 43 heavy (non-hydrogen) atoms. The van der Waals surface area contributed by atoms with E-state index in [4.69, 9.17) is 0 Å². The number of fused-ring (bicyclic) bond motifs is 9. The molecule has 4 amide bonds. The highest BCUT2D eigenvalue weighted by Crippen LogP contribution is 2.88. The molecule has 10 rings (SSSR count). The second-order valence-corrected chi connectivity index (χ2v) is 20.0. The van der Waals surface area contributed by atoms with E-state index in [0.717, 1.165) is 26.5 Å². The van der Waals surface area contributed by atoms with Crippen LogP contribution in [0.5, 0.6) is 0 Å². The normalized spacial score (nSPS) is 34.9. The first-order valence-electron chi connectivity index (χ1n) is 15.6. The Hall–Kier alpha value is -3.49. The quantitative estimate of drug-likeness (QED) is 0.211. The van der Waals surface area contributed by atoms with Gasteiger partial charge in [-0.25, -0.2) is 4.79 Å². The predicted molar refractivity (Wildman–Crippen MR) is 170 cm³/mol. The zero-order chi connectivity index (χ0) is 29.4. The molecule has 6 unspecified atom stereocenters. The van der Waals surface area contributed by atoms with Gasteiger partial charge in [-0.05, 0) is 94.5 Å². The molecule has 1 aromatic heterocycles. The number of carbonyl (C=O) groups excluding carboxylic acids is 3. The van der Waals surface area contributed by atoms with Gasteiger partial charge in [-0.3, -0.25) is 19.4 Å². The summed E-state index contributed by atoms with van der Waals surface area (Å²) < 4.78 is 0. The maximum Gasteiger partial charge on any atom is 0.333 e. The number of hydrogen-bond acceptors (Lipinski definition) is 5. The molecule has 2 aromatic carbocycles. The number of likely N-dealkylation sites (N-methyl/N-ethyl adjacent to an activating group) is 2. The Morgan fingerprint density at radius 2 is 1.56 bits per heavy atom. The van der Waals surface area contributed by atoms with Gasteiger partial charge in [-0.2, -0.15) is 0 Å². The van der Waals surface area contributed by atoms with E-state index in [0.29, 0.717) is 17.3 Å². The molecular formula is C35H33N3O3SSi. The van der Waals surface area contributed by atoms with Crippen LogP contribution in [0.25, 0.3) is 6.08 Å². The molecule has 4 saturated carbocycles. The largest absolute Gasteiger partial charge is 0.333 e. The highest BCUT2D eigenvalue weighted by Gasteiger charge is 2.82. The van der Waals surface area contributed by atoms with Crippen LogP contribution in [0.2, 0.25) is 13.1 Å². The zero-order valence-electron chi connectivity index (χ0n) is 24.8. The monoisotopic (exact) mass is 603 g/mol. The summed E-state index contributed by atoms with van der Waals surface area (Å²) in [5.41, 5.74) is 6.15. The molecule has 6 atom stereocenters. The van der Waals surface area contributed by atoms with Gasteiger partial charge in [0.1, 0.15) is 18.6 Å². The number of anilines is 3. The molecule has 0 N–H and O–H groups in total. The van der Waals surface area contributed by atoms with Crippen LogP contribution >= 0.6 is 11.3 Å². The van der Waals surface area contributed by atoms with Crippen LogP contribution in [0.3, 0.4) is 0 Å². The molecule has 7 aliphatic rings. The number of nitrogens with zero attached hydrogens (tertiary/aromatic N) is 3. The highest BCUT2D eigenvalue weighted by molar-refractivity contribution is 7.17. The molecule has 0 radical (unpaired) electrons. The number of barbiturate groups is 1. The summed E-state index contributed by atoms with van der Waals surface area (Å²) in [4.78, 5) is 44.4. The number of imide groups is 2. The number of carbonyl (C=O) groups is 3. The van der Waals surface area contributed by atoms with Crippen molar-refractivity contribution in [1.82, 2.24) is 9.80 Å². The Morgan fingerprint density at radius 1 is 0.860 bits per heavy atom. The molecule has 5 fully saturated rings. The lowest BCUT2D eigenvalue weighted by Crippen LogP contribution is -2.67. The van der Waals surface area contributed by atoms with Crippen LogP contribution in [0.15, 0.2) is 54.1 Å². The molecule has 8 heteroatoms. The second kappa shape index (κ2) is 7.41. The number of rotatable bonds is 1. The average Bonchev–Trinajstić information content (AvgIpc) is 3.65. The van der Waals surface area contributed by atoms with E-state index in [2.05, 4.69) is 66.5 Å². The van der Waals surface area contributed by atoms with Gasteiger partial charge in [0.15, 0.2) is 0 Å². The van der Waals surface area contributed by atoms with Crippen molar-refractivity contribution in [3.63, 3.8) is 0 Å². The van der Waals surface area contributed by atoms with Gasteiger partial charge in [-0.1, -0.05) is 49.5 Å². The van der Waals surface area contributed by atoms with E-state index in [1.54, 1.807) is 17.4 Å².